The molecular weight excluding hydrogens is 442 g/mol. The van der Waals surface area contributed by atoms with Crippen LogP contribution in [0.15, 0.2) is 23.8 Å². The van der Waals surface area contributed by atoms with Gasteiger partial charge in [-0.1, -0.05) is 26.8 Å². The molecule has 4 aliphatic rings. The molecule has 3 saturated carbocycles. The number of fused-ring (bicyclic) bond motifs is 5. The molecule has 1 unspecified atom stereocenters. The number of Topliss-reactive ketones (excluding diaryl/α,β-unsaturated/α-hetero) is 1. The van der Waals surface area contributed by atoms with Crippen molar-refractivity contribution in [2.75, 3.05) is 5.88 Å². The third-order valence-electron chi connectivity index (χ3n) is 8.67. The highest BCUT2D eigenvalue weighted by Gasteiger charge is 2.76. The van der Waals surface area contributed by atoms with E-state index in [0.29, 0.717) is 6.42 Å². The summed E-state index contributed by atoms with van der Waals surface area (Å²) in [5.74, 6) is -4.82. The molecule has 0 aromatic rings. The van der Waals surface area contributed by atoms with Gasteiger partial charge in [0.15, 0.2) is 17.2 Å². The summed E-state index contributed by atoms with van der Waals surface area (Å²) in [6.07, 6.45) is 0.654. The Hall–Kier alpha value is -1.60. The lowest BCUT2D eigenvalue weighted by Crippen LogP contribution is -2.68. The van der Waals surface area contributed by atoms with Gasteiger partial charge in [-0.25, -0.2) is 8.78 Å². The molecule has 32 heavy (non-hydrogen) atoms. The maximum atomic E-state index is 16.8. The summed E-state index contributed by atoms with van der Waals surface area (Å²) in [7, 11) is 0. The molecule has 5 nitrogen and oxygen atoms in total. The molecule has 4 rings (SSSR count). The van der Waals surface area contributed by atoms with Crippen LogP contribution in [0.4, 0.5) is 8.78 Å². The molecule has 0 saturated heterocycles. The van der Waals surface area contributed by atoms with Gasteiger partial charge in [-0.15, -0.1) is 11.6 Å². The zero-order valence-corrected chi connectivity index (χ0v) is 19.2. The van der Waals surface area contributed by atoms with Gasteiger partial charge in [-0.05, 0) is 42.9 Å². The standard InChI is InChI=1S/C24H29ClF2O5/c1-4-21(31)32-24(20(30)11-25)12(2)7-16-17-9-18(26)14-8-13(28)5-6-15(14)23(17,27)19(29)10-22(16,24)3/h5-6,8,12,15-19,29H,4,7,9-11H2,1-3H3/t12-,15?,16-,17-,18+,19-,22-,23-,24-/m0/s1. The van der Waals surface area contributed by atoms with Gasteiger partial charge < -0.3 is 9.84 Å². The molecule has 0 amide bonds. The number of hydrogen-bond donors (Lipinski definition) is 1. The SMILES string of the molecule is CCC(=O)O[C@]1(C(=O)CCl)[C@@H](C)C[C@H]2[C@@H]3C[C@@H](F)C4=CC(=O)C=CC4[C@@]3(F)[C@@H](O)C[C@@]21C. The number of hydrogen-bond acceptors (Lipinski definition) is 5. The quantitative estimate of drug-likeness (QED) is 0.501. The first-order valence-electron chi connectivity index (χ1n) is 11.2. The van der Waals surface area contributed by atoms with E-state index in [1.165, 1.54) is 12.2 Å². The number of esters is 1. The second-order valence-electron chi connectivity index (χ2n) is 10.0. The van der Waals surface area contributed by atoms with Crippen molar-refractivity contribution >= 4 is 29.1 Å². The molecule has 0 bridgehead atoms. The van der Waals surface area contributed by atoms with Gasteiger partial charge in [0.25, 0.3) is 0 Å². The van der Waals surface area contributed by atoms with Crippen molar-refractivity contribution in [3.05, 3.63) is 23.8 Å². The van der Waals surface area contributed by atoms with Gasteiger partial charge in [0.2, 0.25) is 0 Å². The van der Waals surface area contributed by atoms with Gasteiger partial charge in [0.05, 0.1) is 12.0 Å². The highest BCUT2D eigenvalue weighted by molar-refractivity contribution is 6.29. The largest absolute Gasteiger partial charge is 0.450 e. The smallest absolute Gasteiger partial charge is 0.306 e. The van der Waals surface area contributed by atoms with E-state index >= 15 is 8.78 Å². The second-order valence-corrected chi connectivity index (χ2v) is 10.3. The van der Waals surface area contributed by atoms with Crippen molar-refractivity contribution in [1.29, 1.82) is 0 Å². The van der Waals surface area contributed by atoms with Gasteiger partial charge in [-0.3, -0.25) is 14.4 Å². The first kappa shape index (κ1) is 23.6. The van der Waals surface area contributed by atoms with Gasteiger partial charge in [0, 0.05) is 29.6 Å². The molecular formula is C24H29ClF2O5. The van der Waals surface area contributed by atoms with Crippen LogP contribution in [0.3, 0.4) is 0 Å². The van der Waals surface area contributed by atoms with Crippen molar-refractivity contribution in [1.82, 2.24) is 0 Å². The van der Waals surface area contributed by atoms with Crippen LogP contribution < -0.4 is 0 Å². The molecule has 0 aromatic heterocycles. The van der Waals surface area contributed by atoms with E-state index < -0.39 is 76.0 Å². The molecule has 8 heteroatoms. The van der Waals surface area contributed by atoms with Crippen LogP contribution in [0.25, 0.3) is 0 Å². The number of carbonyl (C=O) groups is 3. The lowest BCUT2D eigenvalue weighted by molar-refractivity contribution is -0.219. The van der Waals surface area contributed by atoms with Crippen LogP contribution in [0.2, 0.25) is 0 Å². The van der Waals surface area contributed by atoms with Gasteiger partial charge in [-0.2, -0.15) is 0 Å². The van der Waals surface area contributed by atoms with Gasteiger partial charge >= 0.3 is 5.97 Å². The Morgan fingerprint density at radius 3 is 2.62 bits per heavy atom. The predicted molar refractivity (Wildman–Crippen MR) is 113 cm³/mol. The van der Waals surface area contributed by atoms with Crippen molar-refractivity contribution in [2.45, 2.75) is 70.0 Å². The van der Waals surface area contributed by atoms with E-state index in [1.807, 2.05) is 0 Å². The fourth-order valence-corrected chi connectivity index (χ4v) is 7.52. The minimum absolute atomic E-state index is 0.0470. The monoisotopic (exact) mass is 470 g/mol. The van der Waals surface area contributed by atoms with Crippen LogP contribution >= 0.6 is 11.6 Å². The average molecular weight is 471 g/mol. The summed E-state index contributed by atoms with van der Waals surface area (Å²) in [4.78, 5) is 37.4. The van der Waals surface area contributed by atoms with E-state index in [4.69, 9.17) is 16.3 Å². The Morgan fingerprint density at radius 2 is 2.00 bits per heavy atom. The minimum atomic E-state index is -2.19. The molecule has 9 atom stereocenters. The first-order valence-corrected chi connectivity index (χ1v) is 11.8. The summed E-state index contributed by atoms with van der Waals surface area (Å²) in [6.45, 7) is 5.11. The Kier molecular flexibility index (Phi) is 5.69. The number of ether oxygens (including phenoxy) is 1. The lowest BCUT2D eigenvalue weighted by atomic mass is 9.48. The summed E-state index contributed by atoms with van der Waals surface area (Å²) >= 11 is 5.95. The zero-order valence-electron chi connectivity index (χ0n) is 18.4. The fourth-order valence-electron chi connectivity index (χ4n) is 7.32. The van der Waals surface area contributed by atoms with Gasteiger partial charge in [0.1, 0.15) is 11.8 Å². The van der Waals surface area contributed by atoms with Crippen LogP contribution in [0, 0.1) is 29.1 Å². The molecule has 0 aromatic carbocycles. The van der Waals surface area contributed by atoms with Crippen LogP contribution in [0.1, 0.15) is 46.5 Å². The average Bonchev–Trinajstić information content (AvgIpc) is 2.97. The summed E-state index contributed by atoms with van der Waals surface area (Å²) < 4.78 is 37.9. The zero-order chi connectivity index (χ0) is 23.6. The fraction of sp³-hybridized carbons (Fsp3) is 0.708. The highest BCUT2D eigenvalue weighted by atomic mass is 35.5. The molecule has 0 aliphatic heterocycles. The summed E-state index contributed by atoms with van der Waals surface area (Å²) in [5.41, 5.74) is -4.86. The number of aliphatic hydroxyl groups excluding tert-OH is 1. The van der Waals surface area contributed by atoms with Crippen LogP contribution in [0.5, 0.6) is 0 Å². The summed E-state index contributed by atoms with van der Waals surface area (Å²) in [6, 6.07) is 0. The Bertz CT molecular complexity index is 918. The Morgan fingerprint density at radius 1 is 1.31 bits per heavy atom. The van der Waals surface area contributed by atoms with Crippen molar-refractivity contribution in [3.63, 3.8) is 0 Å². The third kappa shape index (κ3) is 2.86. The van der Waals surface area contributed by atoms with E-state index in [9.17, 15) is 19.5 Å². The van der Waals surface area contributed by atoms with E-state index in [-0.39, 0.29) is 24.8 Å². The minimum Gasteiger partial charge on any atom is -0.450 e. The number of ketones is 2. The van der Waals surface area contributed by atoms with Crippen LogP contribution in [-0.2, 0) is 19.1 Å². The number of halogens is 3. The highest BCUT2D eigenvalue weighted by Crippen LogP contribution is 2.69. The molecule has 0 radical (unpaired) electrons. The predicted octanol–water partition coefficient (Wildman–Crippen LogP) is 3.66. The maximum Gasteiger partial charge on any atom is 0.306 e. The van der Waals surface area contributed by atoms with Crippen molar-refractivity contribution in [3.8, 4) is 0 Å². The summed E-state index contributed by atoms with van der Waals surface area (Å²) in [5, 5.41) is 11.2. The van der Waals surface area contributed by atoms with E-state index in [1.54, 1.807) is 20.8 Å². The van der Waals surface area contributed by atoms with E-state index in [0.717, 1.165) is 6.08 Å². The number of allylic oxidation sites excluding steroid dienone is 4. The molecule has 0 spiro atoms. The molecule has 1 N–H and O–H groups in total. The molecule has 4 aliphatic carbocycles. The number of alkyl halides is 3. The normalized spacial score (nSPS) is 47.2. The number of rotatable bonds is 4. The maximum absolute atomic E-state index is 16.8. The molecule has 176 valence electrons. The number of carbonyl (C=O) groups excluding carboxylic acids is 3. The molecule has 0 heterocycles. The molecule has 3 fully saturated rings. The Balaban J connectivity index is 1.84. The van der Waals surface area contributed by atoms with Crippen LogP contribution in [-0.4, -0.2) is 52.1 Å². The second kappa shape index (κ2) is 7.73. The third-order valence-corrected chi connectivity index (χ3v) is 8.91. The number of aliphatic hydroxyl groups is 1. The first-order chi connectivity index (χ1) is 15.0. The van der Waals surface area contributed by atoms with Crippen molar-refractivity contribution < 1.29 is 33.0 Å². The van der Waals surface area contributed by atoms with E-state index in [2.05, 4.69) is 0 Å². The topological polar surface area (TPSA) is 80.7 Å². The Labute approximate surface area is 191 Å². The van der Waals surface area contributed by atoms with Crippen molar-refractivity contribution in [2.24, 2.45) is 29.1 Å². The lowest BCUT2D eigenvalue weighted by Gasteiger charge is -2.60.